The van der Waals surface area contributed by atoms with E-state index < -0.39 is 35.2 Å². The maximum Gasteiger partial charge on any atom is 0.287 e. The molecule has 9 heteroatoms. The summed E-state index contributed by atoms with van der Waals surface area (Å²) in [7, 11) is 0. The zero-order valence-electron chi connectivity index (χ0n) is 25.1. The second-order valence-electron chi connectivity index (χ2n) is 13.0. The van der Waals surface area contributed by atoms with Crippen molar-refractivity contribution in [3.05, 3.63) is 48.0 Å². The van der Waals surface area contributed by atoms with Crippen LogP contribution in [-0.4, -0.2) is 58.5 Å². The molecule has 2 saturated carbocycles. The SMILES string of the molecule is CC1C[C@@H](C(=O)NC2(C(=O)C(N)=O)CCCCC2)N(C(=O)[C@@H](CC2CCCCC2)NC(=O)c2ccc3ccccc3c2)C1. The number of benzene rings is 2. The maximum absolute atomic E-state index is 14.3. The Balaban J connectivity index is 1.37. The van der Waals surface area contributed by atoms with E-state index in [1.807, 2.05) is 43.3 Å². The molecule has 3 atom stereocenters. The Morgan fingerprint density at radius 3 is 2.30 bits per heavy atom. The summed E-state index contributed by atoms with van der Waals surface area (Å²) in [5.74, 6) is -2.50. The number of carbonyl (C=O) groups is 5. The highest BCUT2D eigenvalue weighted by molar-refractivity contribution is 6.39. The van der Waals surface area contributed by atoms with Crippen LogP contribution in [0.2, 0.25) is 0 Å². The van der Waals surface area contributed by atoms with Crippen LogP contribution < -0.4 is 16.4 Å². The van der Waals surface area contributed by atoms with Gasteiger partial charge in [-0.15, -0.1) is 0 Å². The van der Waals surface area contributed by atoms with Crippen molar-refractivity contribution in [3.8, 4) is 0 Å². The molecule has 0 bridgehead atoms. The highest BCUT2D eigenvalue weighted by Crippen LogP contribution is 2.33. The van der Waals surface area contributed by atoms with Crippen LogP contribution in [0.4, 0.5) is 0 Å². The third-order valence-electron chi connectivity index (χ3n) is 9.73. The number of primary amides is 1. The number of amides is 4. The van der Waals surface area contributed by atoms with Crippen molar-refractivity contribution in [2.75, 3.05) is 6.54 Å². The van der Waals surface area contributed by atoms with Gasteiger partial charge in [0.1, 0.15) is 17.6 Å². The van der Waals surface area contributed by atoms with E-state index in [1.54, 1.807) is 11.0 Å². The molecule has 0 radical (unpaired) electrons. The van der Waals surface area contributed by atoms with E-state index in [2.05, 4.69) is 10.6 Å². The number of Topliss-reactive ketones (excluding diaryl/α,β-unsaturated/α-hetero) is 1. The molecule has 1 unspecified atom stereocenters. The third kappa shape index (κ3) is 6.92. The molecule has 0 spiro atoms. The number of nitrogens with zero attached hydrogens (tertiary/aromatic N) is 1. The molecule has 1 saturated heterocycles. The lowest BCUT2D eigenvalue weighted by atomic mass is 9.78. The molecule has 1 aliphatic heterocycles. The normalized spacial score (nSPS) is 23.0. The van der Waals surface area contributed by atoms with Crippen molar-refractivity contribution >= 4 is 40.2 Å². The lowest BCUT2D eigenvalue weighted by Gasteiger charge is -2.38. The van der Waals surface area contributed by atoms with Gasteiger partial charge in [-0.1, -0.05) is 88.6 Å². The number of likely N-dealkylation sites (tertiary alicyclic amines) is 1. The van der Waals surface area contributed by atoms with Crippen LogP contribution >= 0.6 is 0 Å². The standard InChI is InChI=1S/C34H44N4O5/c1-22-18-28(32(42)37-34(29(39)30(35)40)16-8-3-9-17-34)38(21-22)33(43)27(19-23-10-4-2-5-11-23)36-31(41)26-15-14-24-12-6-7-13-25(24)20-26/h6-7,12-15,20,22-23,27-28H,2-5,8-11,16-19,21H2,1H3,(H2,35,40)(H,36,41)(H,37,42)/t22?,27-,28+/m1/s1. The van der Waals surface area contributed by atoms with Crippen molar-refractivity contribution in [2.24, 2.45) is 17.6 Å². The number of nitrogens with one attached hydrogen (secondary N) is 2. The number of ketones is 1. The van der Waals surface area contributed by atoms with Crippen molar-refractivity contribution in [3.63, 3.8) is 0 Å². The number of hydrogen-bond acceptors (Lipinski definition) is 5. The quantitative estimate of drug-likeness (QED) is 0.380. The second-order valence-corrected chi connectivity index (χ2v) is 13.0. The van der Waals surface area contributed by atoms with E-state index >= 15 is 0 Å². The molecule has 43 heavy (non-hydrogen) atoms. The average Bonchev–Trinajstić information content (AvgIpc) is 3.42. The Hall–Kier alpha value is -3.75. The molecule has 230 valence electrons. The summed E-state index contributed by atoms with van der Waals surface area (Å²) in [4.78, 5) is 68.0. The van der Waals surface area contributed by atoms with E-state index in [0.717, 1.165) is 42.9 Å². The van der Waals surface area contributed by atoms with Gasteiger partial charge in [0.25, 0.3) is 11.8 Å². The van der Waals surface area contributed by atoms with Crippen molar-refractivity contribution in [1.29, 1.82) is 0 Å². The van der Waals surface area contributed by atoms with Crippen LogP contribution in [-0.2, 0) is 19.2 Å². The molecular formula is C34H44N4O5. The summed E-state index contributed by atoms with van der Waals surface area (Å²) in [6.07, 6.45) is 9.37. The Morgan fingerprint density at radius 1 is 0.930 bits per heavy atom. The van der Waals surface area contributed by atoms with Gasteiger partial charge in [0.15, 0.2) is 0 Å². The zero-order chi connectivity index (χ0) is 30.6. The molecule has 4 N–H and O–H groups in total. The highest BCUT2D eigenvalue weighted by atomic mass is 16.2. The minimum atomic E-state index is -1.33. The molecule has 2 aliphatic carbocycles. The predicted octanol–water partition coefficient (Wildman–Crippen LogP) is 4.02. The van der Waals surface area contributed by atoms with E-state index in [9.17, 15) is 24.0 Å². The number of hydrogen-bond donors (Lipinski definition) is 3. The van der Waals surface area contributed by atoms with Gasteiger partial charge < -0.3 is 21.3 Å². The van der Waals surface area contributed by atoms with Gasteiger partial charge in [-0.2, -0.15) is 0 Å². The van der Waals surface area contributed by atoms with Gasteiger partial charge in [-0.3, -0.25) is 24.0 Å². The van der Waals surface area contributed by atoms with Gasteiger partial charge in [-0.25, -0.2) is 0 Å². The molecule has 2 aromatic rings. The number of rotatable bonds is 9. The van der Waals surface area contributed by atoms with Gasteiger partial charge in [0, 0.05) is 12.1 Å². The Kier molecular flexibility index (Phi) is 9.47. The van der Waals surface area contributed by atoms with Crippen LogP contribution in [0.25, 0.3) is 10.8 Å². The lowest BCUT2D eigenvalue weighted by Crippen LogP contribution is -2.62. The van der Waals surface area contributed by atoms with Crippen LogP contribution in [0.5, 0.6) is 0 Å². The first-order valence-electron chi connectivity index (χ1n) is 15.9. The van der Waals surface area contributed by atoms with Crippen molar-refractivity contribution in [1.82, 2.24) is 15.5 Å². The number of fused-ring (bicyclic) bond motifs is 1. The molecule has 2 aromatic carbocycles. The van der Waals surface area contributed by atoms with Crippen molar-refractivity contribution < 1.29 is 24.0 Å². The highest BCUT2D eigenvalue weighted by Gasteiger charge is 2.47. The summed E-state index contributed by atoms with van der Waals surface area (Å²) >= 11 is 0. The van der Waals surface area contributed by atoms with Crippen molar-refractivity contribution in [2.45, 2.75) is 102 Å². The smallest absolute Gasteiger partial charge is 0.287 e. The molecular weight excluding hydrogens is 544 g/mol. The predicted molar refractivity (Wildman–Crippen MR) is 164 cm³/mol. The first-order valence-corrected chi connectivity index (χ1v) is 15.9. The lowest BCUT2D eigenvalue weighted by molar-refractivity contribution is -0.145. The Labute approximate surface area is 253 Å². The van der Waals surface area contributed by atoms with Crippen LogP contribution in [0.1, 0.15) is 94.3 Å². The summed E-state index contributed by atoms with van der Waals surface area (Å²) in [6, 6.07) is 11.7. The fourth-order valence-electron chi connectivity index (χ4n) is 7.41. The minimum Gasteiger partial charge on any atom is -0.363 e. The molecule has 4 amide bonds. The molecule has 0 aromatic heterocycles. The summed E-state index contributed by atoms with van der Waals surface area (Å²) in [5, 5.41) is 7.90. The minimum absolute atomic E-state index is 0.0559. The largest absolute Gasteiger partial charge is 0.363 e. The van der Waals surface area contributed by atoms with E-state index in [4.69, 9.17) is 5.73 Å². The maximum atomic E-state index is 14.3. The molecule has 3 aliphatic rings. The fourth-order valence-corrected chi connectivity index (χ4v) is 7.41. The average molecular weight is 589 g/mol. The van der Waals surface area contributed by atoms with Crippen LogP contribution in [0, 0.1) is 11.8 Å². The molecule has 1 heterocycles. The van der Waals surface area contributed by atoms with Crippen LogP contribution in [0.3, 0.4) is 0 Å². The first-order chi connectivity index (χ1) is 20.7. The zero-order valence-corrected chi connectivity index (χ0v) is 25.1. The summed E-state index contributed by atoms with van der Waals surface area (Å²) in [5.41, 5.74) is 4.54. The second kappa shape index (κ2) is 13.3. The number of carbonyl (C=O) groups excluding carboxylic acids is 5. The van der Waals surface area contributed by atoms with Crippen LogP contribution in [0.15, 0.2) is 42.5 Å². The Bertz CT molecular complexity index is 1380. The molecule has 9 nitrogen and oxygen atoms in total. The third-order valence-corrected chi connectivity index (χ3v) is 9.73. The van der Waals surface area contributed by atoms with Gasteiger partial charge in [0.2, 0.25) is 17.6 Å². The van der Waals surface area contributed by atoms with Gasteiger partial charge >= 0.3 is 0 Å². The summed E-state index contributed by atoms with van der Waals surface area (Å²) in [6.45, 7) is 2.36. The first kappa shape index (κ1) is 30.7. The number of nitrogens with two attached hydrogens (primary N) is 1. The Morgan fingerprint density at radius 2 is 1.60 bits per heavy atom. The van der Waals surface area contributed by atoms with Gasteiger partial charge in [-0.05, 0) is 60.4 Å². The molecule has 5 rings (SSSR count). The monoisotopic (exact) mass is 588 g/mol. The van der Waals surface area contributed by atoms with Gasteiger partial charge in [0.05, 0.1) is 0 Å². The van der Waals surface area contributed by atoms with E-state index in [1.165, 1.54) is 6.42 Å². The summed E-state index contributed by atoms with van der Waals surface area (Å²) < 4.78 is 0. The van der Waals surface area contributed by atoms with E-state index in [-0.39, 0.29) is 17.7 Å². The molecule has 3 fully saturated rings. The topological polar surface area (TPSA) is 139 Å². The van der Waals surface area contributed by atoms with E-state index in [0.29, 0.717) is 56.6 Å². The fraction of sp³-hybridized carbons (Fsp3) is 0.559.